The third-order valence-corrected chi connectivity index (χ3v) is 5.59. The normalized spacial score (nSPS) is 16.3. The van der Waals surface area contributed by atoms with Crippen LogP contribution in [0.4, 0.5) is 10.5 Å². The number of hydrogen-bond acceptors (Lipinski definition) is 3. The molecule has 23 heavy (non-hydrogen) atoms. The summed E-state index contributed by atoms with van der Waals surface area (Å²) in [7, 11) is 0. The lowest BCUT2D eigenvalue weighted by atomic mass is 10.2. The van der Waals surface area contributed by atoms with Crippen LogP contribution in [0.1, 0.15) is 51.0 Å². The number of benzene rings is 1. The van der Waals surface area contributed by atoms with E-state index in [0.717, 1.165) is 23.1 Å². The molecule has 1 atom stereocenters. The summed E-state index contributed by atoms with van der Waals surface area (Å²) in [6, 6.07) is 7.96. The first-order chi connectivity index (χ1) is 11.2. The van der Waals surface area contributed by atoms with Gasteiger partial charge in [0.25, 0.3) is 0 Å². The maximum atomic E-state index is 12.0. The molecule has 0 radical (unpaired) electrons. The summed E-state index contributed by atoms with van der Waals surface area (Å²) >= 11 is 2.03. The predicted octanol–water partition coefficient (Wildman–Crippen LogP) is 4.14. The van der Waals surface area contributed by atoms with E-state index in [1.54, 1.807) is 0 Å². The van der Waals surface area contributed by atoms with Crippen molar-refractivity contribution in [1.82, 2.24) is 5.32 Å². The number of nitrogens with one attached hydrogen (secondary N) is 2. The quantitative estimate of drug-likeness (QED) is 0.668. The molecule has 1 aliphatic carbocycles. The van der Waals surface area contributed by atoms with Crippen LogP contribution in [0.3, 0.4) is 0 Å². The molecule has 4 nitrogen and oxygen atoms in total. The van der Waals surface area contributed by atoms with Crippen LogP contribution in [0.2, 0.25) is 0 Å². The van der Waals surface area contributed by atoms with E-state index in [1.807, 2.05) is 30.8 Å². The Morgan fingerprint density at radius 2 is 2.17 bits per heavy atom. The molecule has 5 heteroatoms. The summed E-state index contributed by atoms with van der Waals surface area (Å²) in [4.78, 5) is 12.0. The van der Waals surface area contributed by atoms with Crippen molar-refractivity contribution in [3.63, 3.8) is 0 Å². The highest BCUT2D eigenvalue weighted by Crippen LogP contribution is 2.31. The van der Waals surface area contributed by atoms with E-state index in [2.05, 4.69) is 22.8 Å². The van der Waals surface area contributed by atoms with Crippen LogP contribution >= 0.6 is 11.8 Å². The average Bonchev–Trinajstić information content (AvgIpc) is 3.04. The van der Waals surface area contributed by atoms with Gasteiger partial charge < -0.3 is 15.7 Å². The fourth-order valence-corrected chi connectivity index (χ4v) is 4.14. The van der Waals surface area contributed by atoms with Crippen molar-refractivity contribution in [2.24, 2.45) is 0 Å². The molecular formula is C18H28N2O2S. The Morgan fingerprint density at radius 3 is 2.91 bits per heavy atom. The molecule has 1 saturated carbocycles. The highest BCUT2D eigenvalue weighted by atomic mass is 32.2. The first kappa shape index (κ1) is 18.1. The Hall–Kier alpha value is -1.20. The zero-order valence-corrected chi connectivity index (χ0v) is 14.7. The molecule has 0 aliphatic heterocycles. The lowest BCUT2D eigenvalue weighted by Gasteiger charge is -2.14. The minimum Gasteiger partial charge on any atom is -0.396 e. The molecule has 0 spiro atoms. The van der Waals surface area contributed by atoms with Gasteiger partial charge in [-0.3, -0.25) is 0 Å². The number of thioether (sulfide) groups is 1. The van der Waals surface area contributed by atoms with E-state index in [9.17, 15) is 4.79 Å². The Morgan fingerprint density at radius 1 is 1.39 bits per heavy atom. The second kappa shape index (κ2) is 9.83. The van der Waals surface area contributed by atoms with Crippen molar-refractivity contribution >= 4 is 23.5 Å². The van der Waals surface area contributed by atoms with Crippen LogP contribution < -0.4 is 10.6 Å². The molecule has 1 unspecified atom stereocenters. The van der Waals surface area contributed by atoms with Crippen molar-refractivity contribution in [3.8, 4) is 0 Å². The van der Waals surface area contributed by atoms with Gasteiger partial charge in [-0.05, 0) is 50.3 Å². The number of aliphatic hydroxyl groups excluding tert-OH is 1. The van der Waals surface area contributed by atoms with Gasteiger partial charge in [0, 0.05) is 29.3 Å². The first-order valence-corrected chi connectivity index (χ1v) is 9.61. The topological polar surface area (TPSA) is 61.4 Å². The summed E-state index contributed by atoms with van der Waals surface area (Å²) < 4.78 is 0. The van der Waals surface area contributed by atoms with Crippen molar-refractivity contribution in [1.29, 1.82) is 0 Å². The van der Waals surface area contributed by atoms with Crippen LogP contribution in [0.15, 0.2) is 24.3 Å². The Balaban J connectivity index is 1.78. The molecule has 1 fully saturated rings. The van der Waals surface area contributed by atoms with Gasteiger partial charge in [-0.25, -0.2) is 4.79 Å². The standard InChI is InChI=1S/C18H28N2O2S/c1-14(6-5-11-21)19-18(22)20-16-8-4-7-15(12-16)13-23-17-9-2-3-10-17/h4,7-8,12,14,17,21H,2-3,5-6,9-11,13H2,1H3,(H2,19,20,22). The summed E-state index contributed by atoms with van der Waals surface area (Å²) in [6.45, 7) is 2.11. The number of hydrogen-bond donors (Lipinski definition) is 3. The number of amides is 2. The smallest absolute Gasteiger partial charge is 0.319 e. The molecule has 0 heterocycles. The highest BCUT2D eigenvalue weighted by molar-refractivity contribution is 7.99. The highest BCUT2D eigenvalue weighted by Gasteiger charge is 2.15. The second-order valence-electron chi connectivity index (χ2n) is 6.28. The molecule has 1 aliphatic rings. The van der Waals surface area contributed by atoms with Gasteiger partial charge in [-0.15, -0.1) is 0 Å². The van der Waals surface area contributed by atoms with Crippen LogP contribution in [-0.4, -0.2) is 29.0 Å². The van der Waals surface area contributed by atoms with Crippen LogP contribution in [-0.2, 0) is 5.75 Å². The number of carbonyl (C=O) groups is 1. The number of carbonyl (C=O) groups excluding carboxylic acids is 1. The van der Waals surface area contributed by atoms with E-state index >= 15 is 0 Å². The first-order valence-electron chi connectivity index (χ1n) is 8.56. The molecular weight excluding hydrogens is 308 g/mol. The molecule has 0 aromatic heterocycles. The number of rotatable bonds is 8. The van der Waals surface area contributed by atoms with Gasteiger partial charge in [0.2, 0.25) is 0 Å². The van der Waals surface area contributed by atoms with E-state index in [0.29, 0.717) is 6.42 Å². The SMILES string of the molecule is CC(CCCO)NC(=O)Nc1cccc(CSC2CCCC2)c1. The van der Waals surface area contributed by atoms with Gasteiger partial charge in [0.15, 0.2) is 0 Å². The minimum atomic E-state index is -0.184. The van der Waals surface area contributed by atoms with Gasteiger partial charge in [0.05, 0.1) is 0 Å². The second-order valence-corrected chi connectivity index (χ2v) is 7.57. The summed E-state index contributed by atoms with van der Waals surface area (Å²) in [5.74, 6) is 1.01. The molecule has 1 aromatic carbocycles. The largest absolute Gasteiger partial charge is 0.396 e. The Kier molecular flexibility index (Phi) is 7.76. The number of anilines is 1. The zero-order chi connectivity index (χ0) is 16.5. The van der Waals surface area contributed by atoms with Crippen molar-refractivity contribution in [2.45, 2.75) is 62.5 Å². The van der Waals surface area contributed by atoms with Gasteiger partial charge in [0.1, 0.15) is 0 Å². The van der Waals surface area contributed by atoms with Crippen molar-refractivity contribution < 1.29 is 9.90 Å². The van der Waals surface area contributed by atoms with Crippen molar-refractivity contribution in [3.05, 3.63) is 29.8 Å². The van der Waals surface area contributed by atoms with Crippen LogP contribution in [0, 0.1) is 0 Å². The molecule has 0 saturated heterocycles. The molecule has 1 aromatic rings. The average molecular weight is 337 g/mol. The monoisotopic (exact) mass is 336 g/mol. The van der Waals surface area contributed by atoms with E-state index in [4.69, 9.17) is 5.11 Å². The Labute approximate surface area is 143 Å². The van der Waals surface area contributed by atoms with E-state index in [1.165, 1.54) is 31.2 Å². The third kappa shape index (κ3) is 6.83. The molecule has 2 rings (SSSR count). The fourth-order valence-electron chi connectivity index (χ4n) is 2.87. The fraction of sp³-hybridized carbons (Fsp3) is 0.611. The third-order valence-electron chi connectivity index (χ3n) is 4.15. The number of urea groups is 1. The number of aliphatic hydroxyl groups is 1. The molecule has 0 bridgehead atoms. The van der Waals surface area contributed by atoms with Crippen LogP contribution in [0.5, 0.6) is 0 Å². The van der Waals surface area contributed by atoms with Crippen molar-refractivity contribution in [2.75, 3.05) is 11.9 Å². The summed E-state index contributed by atoms with van der Waals surface area (Å²) in [6.07, 6.45) is 6.91. The maximum absolute atomic E-state index is 12.0. The van der Waals surface area contributed by atoms with Gasteiger partial charge in [-0.1, -0.05) is 25.0 Å². The van der Waals surface area contributed by atoms with Crippen LogP contribution in [0.25, 0.3) is 0 Å². The zero-order valence-electron chi connectivity index (χ0n) is 13.9. The lowest BCUT2D eigenvalue weighted by Crippen LogP contribution is -2.36. The van der Waals surface area contributed by atoms with E-state index < -0.39 is 0 Å². The summed E-state index contributed by atoms with van der Waals surface area (Å²) in [5.41, 5.74) is 2.09. The minimum absolute atomic E-state index is 0.0586. The lowest BCUT2D eigenvalue weighted by molar-refractivity contribution is 0.245. The van der Waals surface area contributed by atoms with Gasteiger partial charge >= 0.3 is 6.03 Å². The summed E-state index contributed by atoms with van der Waals surface area (Å²) in [5, 5.41) is 15.4. The maximum Gasteiger partial charge on any atom is 0.319 e. The Bertz CT molecular complexity index is 490. The molecule has 2 amide bonds. The predicted molar refractivity (Wildman–Crippen MR) is 97.9 cm³/mol. The van der Waals surface area contributed by atoms with Gasteiger partial charge in [-0.2, -0.15) is 11.8 Å². The molecule has 128 valence electrons. The molecule has 3 N–H and O–H groups in total. The van der Waals surface area contributed by atoms with E-state index in [-0.39, 0.29) is 18.7 Å².